The molecular weight excluding hydrogens is 829 g/mol. The van der Waals surface area contributed by atoms with Crippen molar-refractivity contribution in [1.82, 2.24) is 24.6 Å². The Morgan fingerprint density at radius 1 is 0.859 bits per heavy atom. The molecule has 3 aromatic heterocycles. The van der Waals surface area contributed by atoms with Crippen LogP contribution in [0.4, 0.5) is 17.2 Å². The fourth-order valence-electron chi connectivity index (χ4n) is 11.2. The SMILES string of the molecule is O=C(NS(=O)(=O)c1cnc(NCC2CCCCC2)c([N+](=O)[O-])c1)c1ccc(N2CCC3(CCC(N4CCC[C@@H]4c4ccccc4C4CC4)CC3)CC2)cc1Oc1cnc2[nH]ccc2c1. The number of H-pyrrole nitrogens is 1. The smallest absolute Gasteiger partial charge is 0.312 e. The van der Waals surface area contributed by atoms with Gasteiger partial charge in [-0.05, 0) is 136 Å². The van der Waals surface area contributed by atoms with Crippen molar-refractivity contribution in [3.8, 4) is 11.5 Å². The van der Waals surface area contributed by atoms with E-state index in [0.717, 1.165) is 80.9 Å². The van der Waals surface area contributed by atoms with E-state index in [9.17, 15) is 23.3 Å². The molecule has 2 aromatic carbocycles. The van der Waals surface area contributed by atoms with Crippen LogP contribution in [-0.2, 0) is 10.0 Å². The number of carbonyl (C=O) groups excluding carboxylic acids is 1. The molecule has 1 spiro atoms. The number of nitrogens with zero attached hydrogens (tertiary/aromatic N) is 5. The summed E-state index contributed by atoms with van der Waals surface area (Å²) in [6.07, 6.45) is 22.1. The lowest BCUT2D eigenvalue weighted by Gasteiger charge is -2.48. The van der Waals surface area contributed by atoms with Crippen LogP contribution in [0.1, 0.15) is 130 Å². The van der Waals surface area contributed by atoms with Gasteiger partial charge in [-0.3, -0.25) is 19.8 Å². The Bertz CT molecular complexity index is 2620. The molecule has 0 bridgehead atoms. The molecule has 2 aliphatic heterocycles. The highest BCUT2D eigenvalue weighted by atomic mass is 32.2. The molecule has 5 heterocycles. The molecule has 5 fully saturated rings. The van der Waals surface area contributed by atoms with Gasteiger partial charge in [-0.1, -0.05) is 43.5 Å². The number of nitro groups is 1. The zero-order valence-electron chi connectivity index (χ0n) is 36.3. The number of anilines is 2. The summed E-state index contributed by atoms with van der Waals surface area (Å²) in [7, 11) is -4.58. The molecule has 5 aliphatic rings. The lowest BCUT2D eigenvalue weighted by molar-refractivity contribution is -0.384. The number of amides is 1. The van der Waals surface area contributed by atoms with E-state index in [1.54, 1.807) is 41.7 Å². The second-order valence-electron chi connectivity index (χ2n) is 19.0. The molecule has 1 amide bonds. The van der Waals surface area contributed by atoms with Crippen molar-refractivity contribution in [2.75, 3.05) is 36.4 Å². The Balaban J connectivity index is 0.831. The van der Waals surface area contributed by atoms with Crippen LogP contribution in [0.25, 0.3) is 11.0 Å². The van der Waals surface area contributed by atoms with Crippen molar-refractivity contribution in [2.24, 2.45) is 11.3 Å². The summed E-state index contributed by atoms with van der Waals surface area (Å²) in [4.78, 5) is 41.7. The lowest BCUT2D eigenvalue weighted by Crippen LogP contribution is -2.45. The minimum Gasteiger partial charge on any atom is -0.455 e. The number of rotatable bonds is 13. The average molecular weight is 887 g/mol. The third-order valence-corrected chi connectivity index (χ3v) is 16.3. The van der Waals surface area contributed by atoms with Crippen molar-refractivity contribution in [1.29, 1.82) is 0 Å². The van der Waals surface area contributed by atoms with Gasteiger partial charge in [0.15, 0.2) is 0 Å². The van der Waals surface area contributed by atoms with Crippen molar-refractivity contribution >= 4 is 44.2 Å². The standard InChI is InChI=1S/C49H58N8O6S/c58-48(54-64(61,62)39-29-44(57(59)60)47(53-32-39)51-30-33-7-2-1-3-8-33)42-15-14-37(28-45(42)63-38-27-35-18-23-50-46(35)52-31-38)55-25-21-49(22-26-55)19-16-36(17-20-49)56-24-6-11-43(56)41-10-5-4-9-40(41)34-12-13-34/h4-5,9-10,14-15,18,23,27-29,31-34,36,43H,1-3,6-8,11-13,16-17,19-22,24-26,30H2,(H,50,52)(H,51,53)(H,54,58)/t43-/m1/s1. The summed E-state index contributed by atoms with van der Waals surface area (Å²) >= 11 is 0. The van der Waals surface area contributed by atoms with E-state index >= 15 is 0 Å². The Morgan fingerprint density at radius 2 is 1.64 bits per heavy atom. The minimum absolute atomic E-state index is 0.00227. The number of carbonyl (C=O) groups is 1. The predicted octanol–water partition coefficient (Wildman–Crippen LogP) is 10.0. The van der Waals surface area contributed by atoms with E-state index < -0.39 is 31.4 Å². The molecule has 1 atom stereocenters. The second kappa shape index (κ2) is 17.8. The molecular formula is C49H58N8O6S. The van der Waals surface area contributed by atoms with Crippen molar-refractivity contribution < 1.29 is 22.9 Å². The van der Waals surface area contributed by atoms with Crippen LogP contribution in [0, 0.1) is 21.4 Å². The van der Waals surface area contributed by atoms with Gasteiger partial charge in [-0.15, -0.1) is 0 Å². The number of benzene rings is 2. The number of likely N-dealkylation sites (tertiary alicyclic amines) is 1. The fraction of sp³-hybridized carbons (Fsp3) is 0.490. The van der Waals surface area contributed by atoms with E-state index in [2.05, 4.69) is 59.1 Å². The maximum absolute atomic E-state index is 14.0. The number of fused-ring (bicyclic) bond motifs is 1. The summed E-state index contributed by atoms with van der Waals surface area (Å²) in [5, 5.41) is 16.0. The van der Waals surface area contributed by atoms with Gasteiger partial charge in [0.1, 0.15) is 22.0 Å². The number of piperidine rings is 1. The number of hydrogen-bond donors (Lipinski definition) is 3. The van der Waals surface area contributed by atoms with E-state index in [1.807, 2.05) is 12.1 Å². The molecule has 0 radical (unpaired) electrons. The number of sulfonamides is 1. The molecule has 15 heteroatoms. The van der Waals surface area contributed by atoms with Gasteiger partial charge >= 0.3 is 5.69 Å². The summed E-state index contributed by atoms with van der Waals surface area (Å²) in [6.45, 7) is 3.42. The monoisotopic (exact) mass is 886 g/mol. The molecule has 3 aliphatic carbocycles. The Hall–Kier alpha value is -5.54. The number of aromatic amines is 1. The first-order valence-electron chi connectivity index (χ1n) is 23.4. The summed E-state index contributed by atoms with van der Waals surface area (Å²) in [5.74, 6) is 0.726. The molecule has 10 rings (SSSR count). The highest BCUT2D eigenvalue weighted by molar-refractivity contribution is 7.90. The topological polar surface area (TPSA) is 176 Å². The molecule has 3 saturated carbocycles. The zero-order chi connectivity index (χ0) is 43.8. The first-order valence-corrected chi connectivity index (χ1v) is 24.9. The molecule has 64 heavy (non-hydrogen) atoms. The normalized spacial score (nSPS) is 21.0. The fourth-order valence-corrected chi connectivity index (χ4v) is 12.2. The van der Waals surface area contributed by atoms with E-state index in [-0.39, 0.29) is 17.1 Å². The summed E-state index contributed by atoms with van der Waals surface area (Å²) in [5.41, 5.74) is 4.55. The summed E-state index contributed by atoms with van der Waals surface area (Å²) in [6, 6.07) is 20.2. The quantitative estimate of drug-likeness (QED) is 0.0758. The van der Waals surface area contributed by atoms with Crippen LogP contribution >= 0.6 is 0 Å². The summed E-state index contributed by atoms with van der Waals surface area (Å²) < 4.78 is 35.9. The lowest BCUT2D eigenvalue weighted by atomic mass is 9.66. The Labute approximate surface area is 374 Å². The zero-order valence-corrected chi connectivity index (χ0v) is 37.2. The van der Waals surface area contributed by atoms with Crippen molar-refractivity contribution in [2.45, 2.75) is 119 Å². The van der Waals surface area contributed by atoms with Crippen LogP contribution in [0.3, 0.4) is 0 Å². The average Bonchev–Trinajstić information content (AvgIpc) is 3.85. The van der Waals surface area contributed by atoms with Crippen molar-refractivity contribution in [3.63, 3.8) is 0 Å². The molecule has 336 valence electrons. The maximum Gasteiger partial charge on any atom is 0.312 e. The molecule has 14 nitrogen and oxygen atoms in total. The number of hydrogen-bond acceptors (Lipinski definition) is 11. The van der Waals surface area contributed by atoms with Crippen LogP contribution in [0.2, 0.25) is 0 Å². The number of pyridine rings is 2. The largest absolute Gasteiger partial charge is 0.455 e. The predicted molar refractivity (Wildman–Crippen MR) is 246 cm³/mol. The maximum atomic E-state index is 14.0. The highest BCUT2D eigenvalue weighted by Crippen LogP contribution is 2.50. The van der Waals surface area contributed by atoms with Crippen LogP contribution in [-0.4, -0.2) is 71.3 Å². The van der Waals surface area contributed by atoms with Gasteiger partial charge in [0.25, 0.3) is 15.9 Å². The Morgan fingerprint density at radius 3 is 2.41 bits per heavy atom. The third-order valence-electron chi connectivity index (χ3n) is 15.0. The highest BCUT2D eigenvalue weighted by Gasteiger charge is 2.42. The number of nitrogens with one attached hydrogen (secondary N) is 3. The van der Waals surface area contributed by atoms with Crippen molar-refractivity contribution in [3.05, 3.63) is 106 Å². The van der Waals surface area contributed by atoms with Crippen LogP contribution in [0.15, 0.2) is 84.1 Å². The first kappa shape index (κ1) is 42.4. The van der Waals surface area contributed by atoms with E-state index in [4.69, 9.17) is 4.74 Å². The molecule has 2 saturated heterocycles. The van der Waals surface area contributed by atoms with Gasteiger partial charge in [0.05, 0.1) is 22.9 Å². The van der Waals surface area contributed by atoms with Gasteiger partial charge in [0.2, 0.25) is 5.82 Å². The van der Waals surface area contributed by atoms with E-state index in [0.29, 0.717) is 41.4 Å². The minimum atomic E-state index is -4.58. The van der Waals surface area contributed by atoms with Gasteiger partial charge in [-0.2, -0.15) is 0 Å². The molecule has 0 unspecified atom stereocenters. The van der Waals surface area contributed by atoms with Crippen LogP contribution in [0.5, 0.6) is 11.5 Å². The van der Waals surface area contributed by atoms with Gasteiger partial charge < -0.3 is 19.9 Å². The van der Waals surface area contributed by atoms with Gasteiger partial charge in [-0.25, -0.2) is 23.1 Å². The second-order valence-corrected chi connectivity index (χ2v) is 20.7. The van der Waals surface area contributed by atoms with Crippen LogP contribution < -0.4 is 19.7 Å². The first-order chi connectivity index (χ1) is 31.1. The number of ether oxygens (including phenoxy) is 1. The van der Waals surface area contributed by atoms with E-state index in [1.165, 1.54) is 64.3 Å². The Kier molecular flexibility index (Phi) is 11.8. The molecule has 5 aromatic rings. The number of aromatic nitrogens is 3. The third kappa shape index (κ3) is 8.93. The molecule has 3 N–H and O–H groups in total. The van der Waals surface area contributed by atoms with Gasteiger partial charge in [0, 0.05) is 61.1 Å².